The molecular formula is C15H14FN3O3. The first-order valence-corrected chi connectivity index (χ1v) is 6.82. The van der Waals surface area contributed by atoms with Crippen LogP contribution in [0.1, 0.15) is 33.5 Å². The van der Waals surface area contributed by atoms with Crippen molar-refractivity contribution in [3.63, 3.8) is 0 Å². The highest BCUT2D eigenvalue weighted by molar-refractivity contribution is 5.99. The van der Waals surface area contributed by atoms with Crippen LogP contribution in [0.15, 0.2) is 24.5 Å². The molecule has 1 amide bonds. The number of ether oxygens (including phenoxy) is 1. The van der Waals surface area contributed by atoms with Gasteiger partial charge in [0.05, 0.1) is 30.1 Å². The van der Waals surface area contributed by atoms with E-state index >= 15 is 0 Å². The molecule has 0 spiro atoms. The Labute approximate surface area is 126 Å². The van der Waals surface area contributed by atoms with Gasteiger partial charge in [-0.25, -0.2) is 14.2 Å². The number of imidazole rings is 1. The number of esters is 1. The van der Waals surface area contributed by atoms with E-state index in [1.54, 1.807) is 20.0 Å². The molecule has 1 aromatic carbocycles. The number of hydrogen-bond donors (Lipinski definition) is 0. The number of hydrogen-bond acceptors (Lipinski definition) is 4. The van der Waals surface area contributed by atoms with Crippen molar-refractivity contribution in [2.75, 3.05) is 13.7 Å². The molecule has 0 atom stereocenters. The first-order chi connectivity index (χ1) is 10.5. The van der Waals surface area contributed by atoms with Gasteiger partial charge in [-0.2, -0.15) is 0 Å². The van der Waals surface area contributed by atoms with Crippen LogP contribution in [0.2, 0.25) is 0 Å². The summed E-state index contributed by atoms with van der Waals surface area (Å²) in [6.45, 7) is 2.04. The quantitative estimate of drug-likeness (QED) is 0.793. The van der Waals surface area contributed by atoms with Crippen molar-refractivity contribution in [2.45, 2.75) is 13.5 Å². The van der Waals surface area contributed by atoms with Crippen LogP contribution in [0, 0.1) is 5.82 Å². The Balaban J connectivity index is 2.24. The minimum Gasteiger partial charge on any atom is -0.461 e. The van der Waals surface area contributed by atoms with E-state index in [1.807, 2.05) is 0 Å². The Morgan fingerprint density at radius 1 is 1.45 bits per heavy atom. The fourth-order valence-electron chi connectivity index (χ4n) is 2.52. The molecule has 0 radical (unpaired) electrons. The SMILES string of the molecule is CCOC(=O)c1ncn2c1CN(C)C(=O)c1cccc(F)c1-2. The summed E-state index contributed by atoms with van der Waals surface area (Å²) in [5.41, 5.74) is 0.861. The van der Waals surface area contributed by atoms with Gasteiger partial charge < -0.3 is 9.64 Å². The topological polar surface area (TPSA) is 64.4 Å². The van der Waals surface area contributed by atoms with Crippen molar-refractivity contribution in [1.29, 1.82) is 0 Å². The second-order valence-electron chi connectivity index (χ2n) is 4.93. The van der Waals surface area contributed by atoms with Gasteiger partial charge in [0, 0.05) is 7.05 Å². The molecule has 0 aliphatic carbocycles. The number of rotatable bonds is 2. The zero-order chi connectivity index (χ0) is 15.9. The van der Waals surface area contributed by atoms with Gasteiger partial charge in [-0.3, -0.25) is 9.36 Å². The summed E-state index contributed by atoms with van der Waals surface area (Å²) in [4.78, 5) is 29.8. The predicted molar refractivity (Wildman–Crippen MR) is 75.3 cm³/mol. The number of nitrogens with zero attached hydrogens (tertiary/aromatic N) is 3. The van der Waals surface area contributed by atoms with Gasteiger partial charge in [-0.05, 0) is 19.1 Å². The number of carbonyl (C=O) groups excluding carboxylic acids is 2. The lowest BCUT2D eigenvalue weighted by Gasteiger charge is -2.14. The fourth-order valence-corrected chi connectivity index (χ4v) is 2.52. The van der Waals surface area contributed by atoms with Crippen LogP contribution < -0.4 is 0 Å². The Morgan fingerprint density at radius 2 is 2.23 bits per heavy atom. The van der Waals surface area contributed by atoms with E-state index in [1.165, 1.54) is 27.9 Å². The minimum absolute atomic E-state index is 0.0950. The molecule has 1 aliphatic rings. The molecular weight excluding hydrogens is 289 g/mol. The fraction of sp³-hybridized carbons (Fsp3) is 0.267. The monoisotopic (exact) mass is 303 g/mol. The third-order valence-corrected chi connectivity index (χ3v) is 3.53. The van der Waals surface area contributed by atoms with Crippen LogP contribution in [0.5, 0.6) is 0 Å². The second kappa shape index (κ2) is 5.25. The summed E-state index contributed by atoms with van der Waals surface area (Å²) in [6, 6.07) is 4.30. The van der Waals surface area contributed by atoms with Gasteiger partial charge in [0.2, 0.25) is 0 Å². The molecule has 1 aromatic heterocycles. The summed E-state index contributed by atoms with van der Waals surface area (Å²) in [5, 5.41) is 0. The van der Waals surface area contributed by atoms with Crippen molar-refractivity contribution in [2.24, 2.45) is 0 Å². The average molecular weight is 303 g/mol. The maximum absolute atomic E-state index is 14.3. The summed E-state index contributed by atoms with van der Waals surface area (Å²) in [7, 11) is 1.59. The van der Waals surface area contributed by atoms with Gasteiger partial charge in [0.15, 0.2) is 5.69 Å². The molecule has 0 N–H and O–H groups in total. The zero-order valence-electron chi connectivity index (χ0n) is 12.2. The molecule has 2 aromatic rings. The van der Waals surface area contributed by atoms with Crippen LogP contribution in [-0.4, -0.2) is 40.0 Å². The van der Waals surface area contributed by atoms with Crippen molar-refractivity contribution in [3.8, 4) is 5.69 Å². The number of carbonyl (C=O) groups is 2. The van der Waals surface area contributed by atoms with E-state index < -0.39 is 11.8 Å². The Hall–Kier alpha value is -2.70. The van der Waals surface area contributed by atoms with Gasteiger partial charge in [0.1, 0.15) is 12.1 Å². The van der Waals surface area contributed by atoms with Gasteiger partial charge in [0.25, 0.3) is 5.91 Å². The Kier molecular flexibility index (Phi) is 3.40. The van der Waals surface area contributed by atoms with Crippen molar-refractivity contribution in [3.05, 3.63) is 47.3 Å². The van der Waals surface area contributed by atoms with E-state index in [2.05, 4.69) is 4.98 Å². The first kappa shape index (κ1) is 14.2. The van der Waals surface area contributed by atoms with E-state index in [4.69, 9.17) is 4.74 Å². The summed E-state index contributed by atoms with van der Waals surface area (Å²) in [5.74, 6) is -1.44. The molecule has 3 rings (SSSR count). The number of fused-ring (bicyclic) bond motifs is 3. The molecule has 1 aliphatic heterocycles. The summed E-state index contributed by atoms with van der Waals surface area (Å²) >= 11 is 0. The van der Waals surface area contributed by atoms with Crippen LogP contribution in [0.4, 0.5) is 4.39 Å². The predicted octanol–water partition coefficient (Wildman–Crippen LogP) is 1.77. The highest BCUT2D eigenvalue weighted by Crippen LogP contribution is 2.27. The molecule has 114 valence electrons. The molecule has 22 heavy (non-hydrogen) atoms. The van der Waals surface area contributed by atoms with Gasteiger partial charge >= 0.3 is 5.97 Å². The van der Waals surface area contributed by atoms with Crippen LogP contribution in [0.3, 0.4) is 0 Å². The zero-order valence-corrected chi connectivity index (χ0v) is 12.2. The average Bonchev–Trinajstić information content (AvgIpc) is 2.85. The maximum atomic E-state index is 14.3. The van der Waals surface area contributed by atoms with Crippen molar-refractivity contribution < 1.29 is 18.7 Å². The molecule has 7 heteroatoms. The molecule has 0 bridgehead atoms. The lowest BCUT2D eigenvalue weighted by molar-refractivity contribution is 0.0516. The van der Waals surface area contributed by atoms with Crippen LogP contribution in [-0.2, 0) is 11.3 Å². The van der Waals surface area contributed by atoms with Gasteiger partial charge in [-0.15, -0.1) is 0 Å². The molecule has 0 fully saturated rings. The molecule has 6 nitrogen and oxygen atoms in total. The molecule has 0 saturated carbocycles. The summed E-state index contributed by atoms with van der Waals surface area (Å²) < 4.78 is 20.7. The van der Waals surface area contributed by atoms with E-state index in [-0.39, 0.29) is 36.0 Å². The van der Waals surface area contributed by atoms with Gasteiger partial charge in [-0.1, -0.05) is 6.07 Å². The third-order valence-electron chi connectivity index (χ3n) is 3.53. The highest BCUT2D eigenvalue weighted by atomic mass is 19.1. The normalized spacial score (nSPS) is 13.4. The maximum Gasteiger partial charge on any atom is 0.358 e. The van der Waals surface area contributed by atoms with E-state index in [9.17, 15) is 14.0 Å². The molecule has 0 saturated heterocycles. The molecule has 0 unspecified atom stereocenters. The van der Waals surface area contributed by atoms with Crippen LogP contribution >= 0.6 is 0 Å². The van der Waals surface area contributed by atoms with Crippen molar-refractivity contribution >= 4 is 11.9 Å². The lowest BCUT2D eigenvalue weighted by Crippen LogP contribution is -2.26. The number of aromatic nitrogens is 2. The minimum atomic E-state index is -0.586. The first-order valence-electron chi connectivity index (χ1n) is 6.82. The second-order valence-corrected chi connectivity index (χ2v) is 4.93. The highest BCUT2D eigenvalue weighted by Gasteiger charge is 2.30. The Morgan fingerprint density at radius 3 is 2.95 bits per heavy atom. The third kappa shape index (κ3) is 2.05. The lowest BCUT2D eigenvalue weighted by atomic mass is 10.1. The number of para-hydroxylation sites is 1. The number of halogens is 1. The number of benzene rings is 1. The largest absolute Gasteiger partial charge is 0.461 e. The van der Waals surface area contributed by atoms with E-state index in [0.29, 0.717) is 5.69 Å². The molecule has 2 heterocycles. The van der Waals surface area contributed by atoms with Crippen LogP contribution in [0.25, 0.3) is 5.69 Å². The van der Waals surface area contributed by atoms with E-state index in [0.717, 1.165) is 0 Å². The Bertz CT molecular complexity index is 769. The smallest absolute Gasteiger partial charge is 0.358 e. The van der Waals surface area contributed by atoms with Crippen molar-refractivity contribution in [1.82, 2.24) is 14.5 Å². The standard InChI is InChI=1S/C15H14FN3O3/c1-3-22-15(21)12-11-7-18(2)14(20)9-5-4-6-10(16)13(9)19(11)8-17-12/h4-6,8H,3,7H2,1-2H3. The number of amides is 1. The summed E-state index contributed by atoms with van der Waals surface area (Å²) in [6.07, 6.45) is 1.34.